The lowest BCUT2D eigenvalue weighted by atomic mass is 10.2. The molecule has 6 heteroatoms. The molecule has 0 fully saturated rings. The topological polar surface area (TPSA) is 41.1 Å². The number of amides is 1. The summed E-state index contributed by atoms with van der Waals surface area (Å²) in [7, 11) is 0. The van der Waals surface area contributed by atoms with Gasteiger partial charge in [0.25, 0.3) is 12.3 Å². The van der Waals surface area contributed by atoms with Crippen LogP contribution in [-0.4, -0.2) is 25.0 Å². The summed E-state index contributed by atoms with van der Waals surface area (Å²) in [5.41, 5.74) is 4.60. The first kappa shape index (κ1) is 13.5. The third-order valence-corrected chi connectivity index (χ3v) is 2.13. The lowest BCUT2D eigenvalue weighted by Gasteiger charge is -2.16. The summed E-state index contributed by atoms with van der Waals surface area (Å²) in [6.07, 6.45) is -3.09. The van der Waals surface area contributed by atoms with Gasteiger partial charge < -0.3 is 0 Å². The third-order valence-electron chi connectivity index (χ3n) is 2.13. The van der Waals surface area contributed by atoms with Crippen molar-refractivity contribution in [1.29, 1.82) is 0 Å². The second-order valence-corrected chi connectivity index (χ2v) is 3.38. The van der Waals surface area contributed by atoms with E-state index >= 15 is 0 Å². The molecule has 3 nitrogen and oxygen atoms in total. The second-order valence-electron chi connectivity index (χ2n) is 3.38. The highest BCUT2D eigenvalue weighted by Gasteiger charge is 2.20. The molecular weight excluding hydrogens is 233 g/mol. The molecule has 94 valence electrons. The molecule has 0 saturated carbocycles. The minimum Gasteiger partial charge on any atom is -0.287 e. The van der Waals surface area contributed by atoms with Gasteiger partial charge in [0.1, 0.15) is 0 Å². The van der Waals surface area contributed by atoms with Gasteiger partial charge in [-0.1, -0.05) is 18.2 Å². The predicted molar refractivity (Wildman–Crippen MR) is 57.4 cm³/mol. The van der Waals surface area contributed by atoms with Gasteiger partial charge in [0, 0.05) is 5.56 Å². The Morgan fingerprint density at radius 2 is 1.88 bits per heavy atom. The molecule has 1 rings (SSSR count). The number of carbonyl (C=O) groups is 1. The quantitative estimate of drug-likeness (QED) is 0.753. The number of hydrazine groups is 1. The van der Waals surface area contributed by atoms with E-state index in [9.17, 15) is 18.0 Å². The van der Waals surface area contributed by atoms with Crippen molar-refractivity contribution in [3.8, 4) is 0 Å². The van der Waals surface area contributed by atoms with E-state index in [-0.39, 0.29) is 6.42 Å². The van der Waals surface area contributed by atoms with Gasteiger partial charge in [0.2, 0.25) is 0 Å². The first-order chi connectivity index (χ1) is 8.15. The molecule has 0 saturated heterocycles. The molecule has 0 heterocycles. The Morgan fingerprint density at radius 3 is 2.41 bits per heavy atom. The Hall–Kier alpha value is -1.56. The molecule has 0 bridgehead atoms. The van der Waals surface area contributed by atoms with Crippen LogP contribution in [0.15, 0.2) is 30.3 Å². The van der Waals surface area contributed by atoms with Crippen molar-refractivity contribution in [3.63, 3.8) is 0 Å². The highest BCUT2D eigenvalue weighted by molar-refractivity contribution is 5.93. The Kier molecular flexibility index (Phi) is 5.48. The van der Waals surface area contributed by atoms with Crippen LogP contribution in [-0.2, 0) is 0 Å². The number of rotatable bonds is 6. The maximum Gasteiger partial charge on any atom is 0.265 e. The Bertz CT molecular complexity index is 346. The van der Waals surface area contributed by atoms with E-state index in [0.29, 0.717) is 5.56 Å². The van der Waals surface area contributed by atoms with Crippen molar-refractivity contribution in [2.24, 2.45) is 0 Å². The summed E-state index contributed by atoms with van der Waals surface area (Å²) in [5.74, 6) is -0.532. The van der Waals surface area contributed by atoms with Gasteiger partial charge in [-0.3, -0.25) is 14.6 Å². The highest BCUT2D eigenvalue weighted by Crippen LogP contribution is 2.05. The number of benzene rings is 1. The molecule has 0 spiro atoms. The minimum atomic E-state index is -2.73. The largest absolute Gasteiger partial charge is 0.287 e. The first-order valence-corrected chi connectivity index (χ1v) is 5.10. The molecule has 1 amide bonds. The van der Waals surface area contributed by atoms with Crippen LogP contribution in [0.5, 0.6) is 0 Å². The van der Waals surface area contributed by atoms with E-state index in [2.05, 4.69) is 10.9 Å². The molecule has 0 aliphatic rings. The summed E-state index contributed by atoms with van der Waals surface area (Å²) >= 11 is 0. The highest BCUT2D eigenvalue weighted by atomic mass is 19.3. The lowest BCUT2D eigenvalue weighted by molar-refractivity contribution is 0.0729. The van der Waals surface area contributed by atoms with Crippen molar-refractivity contribution < 1.29 is 18.0 Å². The van der Waals surface area contributed by atoms with Gasteiger partial charge in [0.05, 0.1) is 12.7 Å². The van der Waals surface area contributed by atoms with Gasteiger partial charge in [-0.05, 0) is 18.6 Å². The zero-order valence-electron chi connectivity index (χ0n) is 9.00. The Morgan fingerprint density at radius 1 is 1.24 bits per heavy atom. The summed E-state index contributed by atoms with van der Waals surface area (Å²) < 4.78 is 36.7. The van der Waals surface area contributed by atoms with E-state index in [1.54, 1.807) is 30.3 Å². The standard InChI is InChI=1S/C11H13F3N2O/c12-7-6-9(10(13)14)15-16-11(17)8-4-2-1-3-5-8/h1-5,9-10,15H,6-7H2,(H,16,17). The molecule has 2 N–H and O–H groups in total. The van der Waals surface area contributed by atoms with Crippen LogP contribution in [0.1, 0.15) is 16.8 Å². The van der Waals surface area contributed by atoms with Crippen molar-refractivity contribution in [1.82, 2.24) is 10.9 Å². The number of carbonyl (C=O) groups excluding carboxylic acids is 1. The zero-order chi connectivity index (χ0) is 12.7. The summed E-state index contributed by atoms with van der Waals surface area (Å²) in [4.78, 5) is 11.5. The fourth-order valence-electron chi connectivity index (χ4n) is 1.20. The molecule has 17 heavy (non-hydrogen) atoms. The van der Waals surface area contributed by atoms with E-state index in [4.69, 9.17) is 0 Å². The number of alkyl halides is 3. The van der Waals surface area contributed by atoms with Crippen molar-refractivity contribution >= 4 is 5.91 Å². The monoisotopic (exact) mass is 246 g/mol. The molecule has 1 unspecified atom stereocenters. The Balaban J connectivity index is 2.47. The maximum absolute atomic E-state index is 12.4. The van der Waals surface area contributed by atoms with Crippen LogP contribution in [0.4, 0.5) is 13.2 Å². The maximum atomic E-state index is 12.4. The molecule has 1 aromatic carbocycles. The second kappa shape index (κ2) is 6.90. The van der Waals surface area contributed by atoms with E-state index in [1.807, 2.05) is 0 Å². The van der Waals surface area contributed by atoms with Crippen molar-refractivity contribution in [3.05, 3.63) is 35.9 Å². The van der Waals surface area contributed by atoms with Crippen molar-refractivity contribution in [2.75, 3.05) is 6.67 Å². The van der Waals surface area contributed by atoms with Crippen LogP contribution in [0, 0.1) is 0 Å². The van der Waals surface area contributed by atoms with E-state index in [1.165, 1.54) is 0 Å². The van der Waals surface area contributed by atoms with Gasteiger partial charge in [0.15, 0.2) is 0 Å². The number of halogens is 3. The van der Waals surface area contributed by atoms with Crippen LogP contribution >= 0.6 is 0 Å². The molecule has 0 radical (unpaired) electrons. The minimum absolute atomic E-state index is 0.341. The van der Waals surface area contributed by atoms with Gasteiger partial charge in [-0.25, -0.2) is 14.2 Å². The van der Waals surface area contributed by atoms with Crippen LogP contribution in [0.2, 0.25) is 0 Å². The summed E-state index contributed by atoms with van der Waals surface area (Å²) in [6, 6.07) is 6.75. The average molecular weight is 246 g/mol. The molecule has 0 aliphatic carbocycles. The van der Waals surface area contributed by atoms with Crippen LogP contribution < -0.4 is 10.9 Å². The Labute approximate surface area is 97.0 Å². The van der Waals surface area contributed by atoms with Crippen molar-refractivity contribution in [2.45, 2.75) is 18.9 Å². The normalized spacial score (nSPS) is 12.5. The molecular formula is C11H13F3N2O. The molecule has 1 atom stereocenters. The lowest BCUT2D eigenvalue weighted by Crippen LogP contribution is -2.47. The summed E-state index contributed by atoms with van der Waals surface area (Å²) in [5, 5.41) is 0. The number of nitrogens with one attached hydrogen (secondary N) is 2. The predicted octanol–water partition coefficient (Wildman–Crippen LogP) is 1.91. The first-order valence-electron chi connectivity index (χ1n) is 5.10. The van der Waals surface area contributed by atoms with Crippen LogP contribution in [0.3, 0.4) is 0 Å². The molecule has 0 aromatic heterocycles. The van der Waals surface area contributed by atoms with Gasteiger partial charge in [-0.2, -0.15) is 0 Å². The van der Waals surface area contributed by atoms with E-state index < -0.39 is 25.0 Å². The van der Waals surface area contributed by atoms with Gasteiger partial charge in [-0.15, -0.1) is 0 Å². The summed E-state index contributed by atoms with van der Waals surface area (Å²) in [6.45, 7) is -0.872. The molecule has 1 aromatic rings. The average Bonchev–Trinajstić information content (AvgIpc) is 2.34. The SMILES string of the molecule is O=C(NNC(CCF)C(F)F)c1ccccc1. The number of hydrogen-bond donors (Lipinski definition) is 2. The fourth-order valence-corrected chi connectivity index (χ4v) is 1.20. The number of hydrogen-bond acceptors (Lipinski definition) is 2. The zero-order valence-corrected chi connectivity index (χ0v) is 9.00. The third kappa shape index (κ3) is 4.44. The van der Waals surface area contributed by atoms with Gasteiger partial charge >= 0.3 is 0 Å². The fraction of sp³-hybridized carbons (Fsp3) is 0.364. The van der Waals surface area contributed by atoms with Crippen LogP contribution in [0.25, 0.3) is 0 Å². The smallest absolute Gasteiger partial charge is 0.265 e. The van der Waals surface area contributed by atoms with E-state index in [0.717, 1.165) is 0 Å². The molecule has 0 aliphatic heterocycles.